The maximum absolute atomic E-state index is 13.1. The molecular weight excluding hydrogens is 347 g/mol. The van der Waals surface area contributed by atoms with E-state index < -0.39 is 0 Å². The van der Waals surface area contributed by atoms with Crippen LogP contribution >= 0.6 is 11.3 Å². The third-order valence-corrected chi connectivity index (χ3v) is 6.69. The average Bonchev–Trinajstić information content (AvgIpc) is 3.04. The van der Waals surface area contributed by atoms with Crippen molar-refractivity contribution in [2.45, 2.75) is 38.5 Å². The number of aryl methyl sites for hydroxylation is 2. The number of carbonyl (C=O) groups is 1. The van der Waals surface area contributed by atoms with E-state index in [-0.39, 0.29) is 11.7 Å². The molecule has 2 heterocycles. The summed E-state index contributed by atoms with van der Waals surface area (Å²) in [4.78, 5) is 19.5. The van der Waals surface area contributed by atoms with Gasteiger partial charge in [-0.15, -0.1) is 11.3 Å². The van der Waals surface area contributed by atoms with Gasteiger partial charge in [0.1, 0.15) is 5.82 Å². The molecule has 1 saturated heterocycles. The number of hydrogen-bond donors (Lipinski definition) is 0. The molecule has 0 atom stereocenters. The molecule has 1 amide bonds. The highest BCUT2D eigenvalue weighted by Crippen LogP contribution is 2.29. The Balaban J connectivity index is 1.40. The minimum Gasteiger partial charge on any atom is -0.368 e. The molecule has 3 nitrogen and oxygen atoms in total. The van der Waals surface area contributed by atoms with Gasteiger partial charge in [0.15, 0.2) is 0 Å². The minimum atomic E-state index is -0.212. The second kappa shape index (κ2) is 7.78. The maximum Gasteiger partial charge on any atom is 0.264 e. The number of anilines is 1. The molecule has 0 spiro atoms. The Bertz CT molecular complexity index is 737. The van der Waals surface area contributed by atoms with Crippen molar-refractivity contribution in [2.75, 3.05) is 31.1 Å². The number of amides is 1. The Morgan fingerprint density at radius 3 is 2.35 bits per heavy atom. The fourth-order valence-electron chi connectivity index (χ4n) is 3.93. The molecule has 1 aromatic carbocycles. The van der Waals surface area contributed by atoms with Gasteiger partial charge < -0.3 is 9.80 Å². The predicted octanol–water partition coefficient (Wildman–Crippen LogP) is 4.51. The predicted molar refractivity (Wildman–Crippen MR) is 105 cm³/mol. The minimum absolute atomic E-state index is 0.181. The van der Waals surface area contributed by atoms with E-state index >= 15 is 0 Å². The first-order valence-electron chi connectivity index (χ1n) is 9.62. The van der Waals surface area contributed by atoms with Gasteiger partial charge in [-0.3, -0.25) is 4.79 Å². The lowest BCUT2D eigenvalue weighted by atomic mass is 10.00. The maximum atomic E-state index is 13.1. The molecule has 5 heteroatoms. The van der Waals surface area contributed by atoms with Crippen LogP contribution in [0.5, 0.6) is 0 Å². The summed E-state index contributed by atoms with van der Waals surface area (Å²) in [5, 5.41) is 0. The Hall–Kier alpha value is -1.88. The highest BCUT2D eigenvalue weighted by Gasteiger charge is 2.24. The lowest BCUT2D eigenvalue weighted by Crippen LogP contribution is -2.48. The smallest absolute Gasteiger partial charge is 0.264 e. The summed E-state index contributed by atoms with van der Waals surface area (Å²) in [6, 6.07) is 8.76. The highest BCUT2D eigenvalue weighted by atomic mass is 32.1. The summed E-state index contributed by atoms with van der Waals surface area (Å²) in [6.45, 7) is 3.03. The molecule has 0 N–H and O–H groups in total. The standard InChI is InChI=1S/C21H25FN2OS/c22-17-7-9-18(10-8-17)23-11-13-24(14-12-23)21(25)20-15-16-5-3-1-2-4-6-19(16)26-20/h7-10,15H,1-6,11-14H2. The molecule has 4 rings (SSSR count). The zero-order valence-corrected chi connectivity index (χ0v) is 15.9. The van der Waals surface area contributed by atoms with Crippen molar-refractivity contribution >= 4 is 22.9 Å². The van der Waals surface area contributed by atoms with Crippen LogP contribution < -0.4 is 4.90 Å². The van der Waals surface area contributed by atoms with Gasteiger partial charge in [-0.2, -0.15) is 0 Å². The molecule has 26 heavy (non-hydrogen) atoms. The van der Waals surface area contributed by atoms with Gasteiger partial charge >= 0.3 is 0 Å². The van der Waals surface area contributed by atoms with Crippen molar-refractivity contribution in [1.29, 1.82) is 0 Å². The number of fused-ring (bicyclic) bond motifs is 1. The van der Waals surface area contributed by atoms with E-state index in [0.717, 1.165) is 49.6 Å². The number of carbonyl (C=O) groups excluding carboxylic acids is 1. The summed E-state index contributed by atoms with van der Waals surface area (Å²) >= 11 is 1.71. The van der Waals surface area contributed by atoms with Crippen LogP contribution in [-0.4, -0.2) is 37.0 Å². The zero-order chi connectivity index (χ0) is 17.9. The van der Waals surface area contributed by atoms with E-state index in [9.17, 15) is 9.18 Å². The topological polar surface area (TPSA) is 23.6 Å². The van der Waals surface area contributed by atoms with Crippen molar-refractivity contribution in [3.05, 3.63) is 51.5 Å². The third-order valence-electron chi connectivity index (χ3n) is 5.47. The van der Waals surface area contributed by atoms with Crippen LogP contribution in [0.2, 0.25) is 0 Å². The van der Waals surface area contributed by atoms with Crippen LogP contribution in [0.25, 0.3) is 0 Å². The van der Waals surface area contributed by atoms with Crippen LogP contribution in [0.3, 0.4) is 0 Å². The Kier molecular flexibility index (Phi) is 5.25. The molecule has 1 aliphatic carbocycles. The van der Waals surface area contributed by atoms with Crippen molar-refractivity contribution in [3.8, 4) is 0 Å². The van der Waals surface area contributed by atoms with Crippen LogP contribution in [0, 0.1) is 5.82 Å². The Morgan fingerprint density at radius 1 is 0.923 bits per heavy atom. The largest absolute Gasteiger partial charge is 0.368 e. The number of hydrogen-bond acceptors (Lipinski definition) is 3. The molecule has 1 fully saturated rings. The summed E-state index contributed by atoms with van der Waals surface area (Å²) in [5.41, 5.74) is 2.43. The van der Waals surface area contributed by atoms with Gasteiger partial charge in [-0.05, 0) is 61.6 Å². The van der Waals surface area contributed by atoms with E-state index in [1.807, 2.05) is 17.0 Å². The van der Waals surface area contributed by atoms with E-state index in [0.29, 0.717) is 0 Å². The number of nitrogens with zero attached hydrogens (tertiary/aromatic N) is 2. The number of benzene rings is 1. The van der Waals surface area contributed by atoms with Crippen molar-refractivity contribution < 1.29 is 9.18 Å². The molecule has 138 valence electrons. The number of halogens is 1. The first-order chi connectivity index (χ1) is 12.7. The highest BCUT2D eigenvalue weighted by molar-refractivity contribution is 7.14. The summed E-state index contributed by atoms with van der Waals surface area (Å²) < 4.78 is 13.1. The molecule has 1 aromatic heterocycles. The SMILES string of the molecule is O=C(c1cc2c(s1)CCCCCC2)N1CCN(c2ccc(F)cc2)CC1. The molecule has 2 aliphatic rings. The van der Waals surface area contributed by atoms with Crippen molar-refractivity contribution in [3.63, 3.8) is 0 Å². The molecule has 0 radical (unpaired) electrons. The van der Waals surface area contributed by atoms with Crippen LogP contribution in [0.1, 0.15) is 45.8 Å². The lowest BCUT2D eigenvalue weighted by molar-refractivity contribution is 0.0751. The summed E-state index contributed by atoms with van der Waals surface area (Å²) in [7, 11) is 0. The Labute approximate surface area is 158 Å². The first kappa shape index (κ1) is 17.5. The van der Waals surface area contributed by atoms with E-state index in [1.54, 1.807) is 11.3 Å². The second-order valence-corrected chi connectivity index (χ2v) is 8.37. The number of rotatable bonds is 2. The molecular formula is C21H25FN2OS. The fraction of sp³-hybridized carbons (Fsp3) is 0.476. The van der Waals surface area contributed by atoms with Gasteiger partial charge in [0.25, 0.3) is 5.91 Å². The van der Waals surface area contributed by atoms with Crippen molar-refractivity contribution in [2.24, 2.45) is 0 Å². The van der Waals surface area contributed by atoms with Gasteiger partial charge in [0, 0.05) is 36.7 Å². The Morgan fingerprint density at radius 2 is 1.62 bits per heavy atom. The summed E-state index contributed by atoms with van der Waals surface area (Å²) in [6.07, 6.45) is 7.37. The lowest BCUT2D eigenvalue weighted by Gasteiger charge is -2.36. The molecule has 0 unspecified atom stereocenters. The molecule has 0 saturated carbocycles. The first-order valence-corrected chi connectivity index (χ1v) is 10.4. The van der Waals surface area contributed by atoms with Gasteiger partial charge in [-0.1, -0.05) is 12.8 Å². The van der Waals surface area contributed by atoms with Crippen LogP contribution in [0.15, 0.2) is 30.3 Å². The zero-order valence-electron chi connectivity index (χ0n) is 15.0. The molecule has 0 bridgehead atoms. The normalized spacial score (nSPS) is 18.2. The van der Waals surface area contributed by atoms with Crippen molar-refractivity contribution in [1.82, 2.24) is 4.90 Å². The van der Waals surface area contributed by atoms with Gasteiger partial charge in [-0.25, -0.2) is 4.39 Å². The molecule has 1 aliphatic heterocycles. The quantitative estimate of drug-likeness (QED) is 0.774. The van der Waals surface area contributed by atoms with E-state index in [2.05, 4.69) is 11.0 Å². The average molecular weight is 373 g/mol. The van der Waals surface area contributed by atoms with Gasteiger partial charge in [0.2, 0.25) is 0 Å². The second-order valence-electron chi connectivity index (χ2n) is 7.23. The number of thiophene rings is 1. The fourth-order valence-corrected chi connectivity index (χ4v) is 5.15. The van der Waals surface area contributed by atoms with Crippen LogP contribution in [0.4, 0.5) is 10.1 Å². The van der Waals surface area contributed by atoms with Gasteiger partial charge in [0.05, 0.1) is 4.88 Å². The van der Waals surface area contributed by atoms with E-state index in [1.165, 1.54) is 48.3 Å². The molecule has 2 aromatic rings. The monoisotopic (exact) mass is 372 g/mol. The summed E-state index contributed by atoms with van der Waals surface area (Å²) in [5.74, 6) is -0.0312. The number of piperazine rings is 1. The third kappa shape index (κ3) is 3.78. The van der Waals surface area contributed by atoms with Crippen LogP contribution in [-0.2, 0) is 12.8 Å². The van der Waals surface area contributed by atoms with E-state index in [4.69, 9.17) is 0 Å².